The highest BCUT2D eigenvalue weighted by Gasteiger charge is 2.08. The minimum atomic E-state index is -0.111. The van der Waals surface area contributed by atoms with E-state index >= 15 is 0 Å². The molecule has 1 heterocycles. The van der Waals surface area contributed by atoms with Crippen LogP contribution in [0.2, 0.25) is 0 Å². The number of thioether (sulfide) groups is 1. The monoisotopic (exact) mass is 379 g/mol. The molecule has 1 aromatic heterocycles. The van der Waals surface area contributed by atoms with Crippen LogP contribution < -0.4 is 5.32 Å². The summed E-state index contributed by atoms with van der Waals surface area (Å²) in [5.41, 5.74) is 0.662. The van der Waals surface area contributed by atoms with E-state index in [0.29, 0.717) is 22.8 Å². The van der Waals surface area contributed by atoms with Gasteiger partial charge in [-0.2, -0.15) is 0 Å². The molecule has 2 rings (SSSR count). The lowest BCUT2D eigenvalue weighted by molar-refractivity contribution is -0.115. The van der Waals surface area contributed by atoms with E-state index < -0.39 is 0 Å². The highest BCUT2D eigenvalue weighted by atomic mass is 79.9. The third kappa shape index (κ3) is 4.92. The maximum atomic E-state index is 12.0. The highest BCUT2D eigenvalue weighted by Crippen LogP contribution is 2.18. The predicted molar refractivity (Wildman–Crippen MR) is 90.1 cm³/mol. The number of hydrogen-bond donors (Lipinski definition) is 1. The van der Waals surface area contributed by atoms with Crippen LogP contribution in [0.3, 0.4) is 0 Å². The molecule has 0 atom stereocenters. The number of carbonyl (C=O) groups excluding carboxylic acids is 2. The second-order valence-electron chi connectivity index (χ2n) is 4.38. The Morgan fingerprint density at radius 1 is 1.14 bits per heavy atom. The number of anilines is 1. The molecule has 0 aliphatic carbocycles. The van der Waals surface area contributed by atoms with Crippen LogP contribution in [0.5, 0.6) is 0 Å². The average molecular weight is 380 g/mol. The first kappa shape index (κ1) is 16.6. The Hall–Kier alpha value is -1.73. The van der Waals surface area contributed by atoms with E-state index in [1.54, 1.807) is 31.2 Å². The molecule has 0 fully saturated rings. The van der Waals surface area contributed by atoms with Crippen molar-refractivity contribution >= 4 is 45.2 Å². The third-order valence-corrected chi connectivity index (χ3v) is 4.19. The zero-order chi connectivity index (χ0) is 15.9. The van der Waals surface area contributed by atoms with Crippen LogP contribution in [-0.4, -0.2) is 27.6 Å². The van der Waals surface area contributed by atoms with Crippen molar-refractivity contribution in [2.45, 2.75) is 18.4 Å². The fourth-order valence-corrected chi connectivity index (χ4v) is 2.53. The molecule has 0 radical (unpaired) electrons. The lowest BCUT2D eigenvalue weighted by Gasteiger charge is -2.03. The average Bonchev–Trinajstić information content (AvgIpc) is 2.54. The van der Waals surface area contributed by atoms with Gasteiger partial charge in [-0.25, -0.2) is 0 Å². The Kier molecular flexibility index (Phi) is 6.09. The molecule has 0 bridgehead atoms. The van der Waals surface area contributed by atoms with Gasteiger partial charge < -0.3 is 5.32 Å². The molecule has 0 aliphatic heterocycles. The molecule has 114 valence electrons. The van der Waals surface area contributed by atoms with Gasteiger partial charge in [0.25, 0.3) is 0 Å². The highest BCUT2D eigenvalue weighted by molar-refractivity contribution is 9.10. The molecule has 0 saturated heterocycles. The summed E-state index contributed by atoms with van der Waals surface area (Å²) in [4.78, 5) is 23.3. The van der Waals surface area contributed by atoms with Gasteiger partial charge in [0.05, 0.1) is 5.75 Å². The number of carbonyl (C=O) groups is 2. The molecule has 1 amide bonds. The largest absolute Gasteiger partial charge is 0.309 e. The van der Waals surface area contributed by atoms with Gasteiger partial charge in [-0.3, -0.25) is 9.59 Å². The summed E-state index contributed by atoms with van der Waals surface area (Å²) < 4.78 is 0.937. The van der Waals surface area contributed by atoms with Crippen molar-refractivity contribution in [1.82, 2.24) is 10.2 Å². The smallest absolute Gasteiger partial charge is 0.225 e. The molecule has 0 spiro atoms. The van der Waals surface area contributed by atoms with Crippen molar-refractivity contribution < 1.29 is 9.59 Å². The number of halogens is 1. The minimum absolute atomic E-state index is 0.0302. The van der Waals surface area contributed by atoms with E-state index in [9.17, 15) is 9.59 Å². The standard InChI is InChI=1S/C15H14BrN3O2S/c1-2-14(21)17-13-7-8-15(19-18-13)22-9-12(20)10-3-5-11(16)6-4-10/h3-8H,2,9H2,1H3,(H,17,18,21). The number of nitrogens with zero attached hydrogens (tertiary/aromatic N) is 2. The summed E-state index contributed by atoms with van der Waals surface area (Å²) in [7, 11) is 0. The van der Waals surface area contributed by atoms with Crippen molar-refractivity contribution in [1.29, 1.82) is 0 Å². The first-order valence-electron chi connectivity index (χ1n) is 6.63. The molecule has 1 N–H and O–H groups in total. The molecule has 5 nitrogen and oxygen atoms in total. The fraction of sp³-hybridized carbons (Fsp3) is 0.200. The van der Waals surface area contributed by atoms with E-state index in [2.05, 4.69) is 31.4 Å². The van der Waals surface area contributed by atoms with Gasteiger partial charge in [0.2, 0.25) is 5.91 Å². The Bertz CT molecular complexity index is 659. The number of aromatic nitrogens is 2. The fourth-order valence-electron chi connectivity index (χ4n) is 1.55. The van der Waals surface area contributed by atoms with Crippen LogP contribution in [0.4, 0.5) is 5.82 Å². The van der Waals surface area contributed by atoms with Gasteiger partial charge in [0.1, 0.15) is 5.03 Å². The summed E-state index contributed by atoms with van der Waals surface area (Å²) in [5, 5.41) is 11.2. The summed E-state index contributed by atoms with van der Waals surface area (Å²) in [5.74, 6) is 0.620. The van der Waals surface area contributed by atoms with E-state index in [4.69, 9.17) is 0 Å². The van der Waals surface area contributed by atoms with Crippen molar-refractivity contribution in [2.24, 2.45) is 0 Å². The van der Waals surface area contributed by atoms with Crippen LogP contribution in [-0.2, 0) is 4.79 Å². The zero-order valence-electron chi connectivity index (χ0n) is 11.9. The Labute approximate surface area is 141 Å². The van der Waals surface area contributed by atoms with Gasteiger partial charge >= 0.3 is 0 Å². The van der Waals surface area contributed by atoms with E-state index in [1.165, 1.54) is 11.8 Å². The molecule has 22 heavy (non-hydrogen) atoms. The SMILES string of the molecule is CCC(=O)Nc1ccc(SCC(=O)c2ccc(Br)cc2)nn1. The van der Waals surface area contributed by atoms with Crippen molar-refractivity contribution in [3.63, 3.8) is 0 Å². The molecular weight excluding hydrogens is 366 g/mol. The van der Waals surface area contributed by atoms with Crippen molar-refractivity contribution in [2.75, 3.05) is 11.1 Å². The normalized spacial score (nSPS) is 10.3. The van der Waals surface area contributed by atoms with Gasteiger partial charge in [0.15, 0.2) is 11.6 Å². The molecule has 0 aliphatic rings. The number of amides is 1. The molecule has 7 heteroatoms. The van der Waals surface area contributed by atoms with Crippen LogP contribution in [0.25, 0.3) is 0 Å². The second-order valence-corrected chi connectivity index (χ2v) is 6.29. The van der Waals surface area contributed by atoms with Gasteiger partial charge in [0, 0.05) is 16.5 Å². The minimum Gasteiger partial charge on any atom is -0.309 e. The number of hydrogen-bond acceptors (Lipinski definition) is 5. The third-order valence-electron chi connectivity index (χ3n) is 2.75. The van der Waals surface area contributed by atoms with Crippen LogP contribution >= 0.6 is 27.7 Å². The molecule has 2 aromatic rings. The van der Waals surface area contributed by atoms with E-state index in [-0.39, 0.29) is 17.4 Å². The number of rotatable bonds is 6. The summed E-state index contributed by atoms with van der Waals surface area (Å²) in [6.07, 6.45) is 0.389. The molecule has 0 saturated carbocycles. The van der Waals surface area contributed by atoms with Crippen molar-refractivity contribution in [3.8, 4) is 0 Å². The van der Waals surface area contributed by atoms with Gasteiger partial charge in [-0.05, 0) is 24.3 Å². The Balaban J connectivity index is 1.90. The second kappa shape index (κ2) is 8.05. The maximum absolute atomic E-state index is 12.0. The number of benzene rings is 1. The van der Waals surface area contributed by atoms with E-state index in [0.717, 1.165) is 4.47 Å². The Morgan fingerprint density at radius 3 is 2.45 bits per heavy atom. The van der Waals surface area contributed by atoms with Crippen LogP contribution in [0.15, 0.2) is 45.9 Å². The van der Waals surface area contributed by atoms with Crippen LogP contribution in [0, 0.1) is 0 Å². The first-order valence-corrected chi connectivity index (χ1v) is 8.41. The molecule has 1 aromatic carbocycles. The summed E-state index contributed by atoms with van der Waals surface area (Å²) in [6, 6.07) is 10.6. The zero-order valence-corrected chi connectivity index (χ0v) is 14.3. The van der Waals surface area contributed by atoms with Crippen molar-refractivity contribution in [3.05, 3.63) is 46.4 Å². The number of ketones is 1. The number of nitrogens with one attached hydrogen (secondary N) is 1. The first-order chi connectivity index (χ1) is 10.6. The summed E-state index contributed by atoms with van der Waals surface area (Å²) in [6.45, 7) is 1.76. The number of Topliss-reactive ketones (excluding diaryl/α,β-unsaturated/α-hetero) is 1. The topological polar surface area (TPSA) is 72.0 Å². The quantitative estimate of drug-likeness (QED) is 0.613. The summed E-state index contributed by atoms with van der Waals surface area (Å²) >= 11 is 4.65. The molecular formula is C15H14BrN3O2S. The predicted octanol–water partition coefficient (Wildman–Crippen LogP) is 3.56. The molecule has 0 unspecified atom stereocenters. The maximum Gasteiger partial charge on any atom is 0.225 e. The lowest BCUT2D eigenvalue weighted by Crippen LogP contribution is -2.11. The van der Waals surface area contributed by atoms with Gasteiger partial charge in [-0.15, -0.1) is 10.2 Å². The lowest BCUT2D eigenvalue weighted by atomic mass is 10.2. The van der Waals surface area contributed by atoms with E-state index in [1.807, 2.05) is 12.1 Å². The van der Waals surface area contributed by atoms with Crippen LogP contribution in [0.1, 0.15) is 23.7 Å². The Morgan fingerprint density at radius 2 is 1.86 bits per heavy atom. The van der Waals surface area contributed by atoms with Gasteiger partial charge in [-0.1, -0.05) is 46.7 Å².